The molecule has 9 heteroatoms. The molecule has 0 atom stereocenters. The van der Waals surface area contributed by atoms with Crippen LogP contribution in [0.2, 0.25) is 0 Å². The average molecular weight is 301 g/mol. The van der Waals surface area contributed by atoms with Crippen LogP contribution in [-0.4, -0.2) is 38.1 Å². The molecule has 0 radical (unpaired) electrons. The number of hydrogen-bond donors (Lipinski definition) is 2. The van der Waals surface area contributed by atoms with Gasteiger partial charge in [-0.25, -0.2) is 13.1 Å². The van der Waals surface area contributed by atoms with Gasteiger partial charge < -0.3 is 5.32 Å². The van der Waals surface area contributed by atoms with Gasteiger partial charge in [0.05, 0.1) is 10.7 Å². The molecule has 0 heterocycles. The maximum absolute atomic E-state index is 11.8. The highest BCUT2D eigenvalue weighted by Gasteiger charge is 2.18. The van der Waals surface area contributed by atoms with Crippen LogP contribution in [0, 0.1) is 10.1 Å². The lowest BCUT2D eigenvalue weighted by Crippen LogP contribution is -2.35. The van der Waals surface area contributed by atoms with Crippen LogP contribution in [0.4, 0.5) is 5.69 Å². The first-order chi connectivity index (χ1) is 9.37. The molecule has 0 unspecified atom stereocenters. The van der Waals surface area contributed by atoms with Crippen molar-refractivity contribution >= 4 is 21.6 Å². The summed E-state index contributed by atoms with van der Waals surface area (Å²) in [5.41, 5.74) is -0.352. The molecule has 0 aliphatic rings. The Kier molecular flexibility index (Phi) is 5.59. The van der Waals surface area contributed by atoms with Gasteiger partial charge in [-0.2, -0.15) is 0 Å². The van der Waals surface area contributed by atoms with Gasteiger partial charge in [-0.3, -0.25) is 14.9 Å². The molecular formula is C11H15N3O5S. The van der Waals surface area contributed by atoms with E-state index in [1.54, 1.807) is 0 Å². The summed E-state index contributed by atoms with van der Waals surface area (Å²) in [5, 5.41) is 13.2. The number of benzene rings is 1. The summed E-state index contributed by atoms with van der Waals surface area (Å²) in [4.78, 5) is 21.9. The summed E-state index contributed by atoms with van der Waals surface area (Å²) in [5.74, 6) is -0.668. The summed E-state index contributed by atoms with van der Waals surface area (Å²) < 4.78 is 24.6. The minimum Gasteiger partial charge on any atom is -0.351 e. The number of carbonyl (C=O) groups is 1. The molecule has 2 N–H and O–H groups in total. The third kappa shape index (κ3) is 4.59. The lowest BCUT2D eigenvalue weighted by molar-refractivity contribution is -0.385. The van der Waals surface area contributed by atoms with Crippen molar-refractivity contribution in [1.29, 1.82) is 0 Å². The van der Waals surface area contributed by atoms with E-state index in [0.717, 1.165) is 0 Å². The number of nitrogens with zero attached hydrogens (tertiary/aromatic N) is 1. The van der Waals surface area contributed by atoms with Crippen molar-refractivity contribution in [3.63, 3.8) is 0 Å². The van der Waals surface area contributed by atoms with E-state index < -0.39 is 20.9 Å². The first-order valence-electron chi connectivity index (χ1n) is 5.86. The Balaban J connectivity index is 2.58. The number of nitro benzene ring substituents is 1. The topological polar surface area (TPSA) is 118 Å². The number of carbonyl (C=O) groups excluding carboxylic acids is 1. The molecule has 1 rings (SSSR count). The molecule has 0 bridgehead atoms. The van der Waals surface area contributed by atoms with Crippen molar-refractivity contribution in [3.8, 4) is 0 Å². The van der Waals surface area contributed by atoms with Gasteiger partial charge in [-0.05, 0) is 13.0 Å². The van der Waals surface area contributed by atoms with E-state index in [0.29, 0.717) is 0 Å². The highest BCUT2D eigenvalue weighted by molar-refractivity contribution is 7.89. The number of amides is 1. The number of nitrogens with one attached hydrogen (secondary N) is 2. The second-order valence-electron chi connectivity index (χ2n) is 3.83. The third-order valence-electron chi connectivity index (χ3n) is 2.46. The molecule has 8 nitrogen and oxygen atoms in total. The molecule has 0 aliphatic carbocycles. The molecule has 1 aromatic rings. The Morgan fingerprint density at radius 3 is 2.55 bits per heavy atom. The van der Waals surface area contributed by atoms with Crippen molar-refractivity contribution < 1.29 is 18.1 Å². The number of nitro groups is 1. The maximum Gasteiger partial charge on any atom is 0.282 e. The number of hydrogen-bond acceptors (Lipinski definition) is 5. The highest BCUT2D eigenvalue weighted by Crippen LogP contribution is 2.16. The fourth-order valence-electron chi connectivity index (χ4n) is 1.40. The number of sulfonamides is 1. The van der Waals surface area contributed by atoms with Crippen molar-refractivity contribution in [2.75, 3.05) is 18.8 Å². The maximum atomic E-state index is 11.8. The van der Waals surface area contributed by atoms with Gasteiger partial charge in [0.15, 0.2) is 0 Å². The van der Waals surface area contributed by atoms with Crippen LogP contribution < -0.4 is 10.0 Å². The van der Waals surface area contributed by atoms with Gasteiger partial charge in [0.1, 0.15) is 5.56 Å². The van der Waals surface area contributed by atoms with E-state index >= 15 is 0 Å². The van der Waals surface area contributed by atoms with Gasteiger partial charge in [0, 0.05) is 19.2 Å². The van der Waals surface area contributed by atoms with Gasteiger partial charge in [0.2, 0.25) is 10.0 Å². The standard InChI is InChI=1S/C11H15N3O5S/c1-2-20(18,19)13-8-7-12-11(15)9-5-3-4-6-10(9)14(16)17/h3-6,13H,2,7-8H2,1H3,(H,12,15). The van der Waals surface area contributed by atoms with Crippen LogP contribution in [0.25, 0.3) is 0 Å². The van der Waals surface area contributed by atoms with Gasteiger partial charge in [0.25, 0.3) is 11.6 Å². The molecule has 0 spiro atoms. The normalized spacial score (nSPS) is 11.1. The zero-order valence-electron chi connectivity index (χ0n) is 10.8. The second kappa shape index (κ2) is 6.96. The molecule has 20 heavy (non-hydrogen) atoms. The van der Waals surface area contributed by atoms with Crippen LogP contribution in [0.5, 0.6) is 0 Å². The Labute approximate surface area is 116 Å². The van der Waals surface area contributed by atoms with E-state index in [1.165, 1.54) is 31.2 Å². The lowest BCUT2D eigenvalue weighted by atomic mass is 10.1. The van der Waals surface area contributed by atoms with Gasteiger partial charge in [-0.1, -0.05) is 12.1 Å². The molecule has 1 aromatic carbocycles. The van der Waals surface area contributed by atoms with E-state index in [4.69, 9.17) is 0 Å². The largest absolute Gasteiger partial charge is 0.351 e. The van der Waals surface area contributed by atoms with Crippen molar-refractivity contribution in [2.24, 2.45) is 0 Å². The third-order valence-corrected chi connectivity index (χ3v) is 3.86. The summed E-state index contributed by atoms with van der Waals surface area (Å²) in [6, 6.07) is 5.55. The molecule has 0 saturated heterocycles. The monoisotopic (exact) mass is 301 g/mol. The molecule has 0 aromatic heterocycles. The smallest absolute Gasteiger partial charge is 0.282 e. The molecule has 110 valence electrons. The first-order valence-corrected chi connectivity index (χ1v) is 7.51. The Morgan fingerprint density at radius 1 is 1.30 bits per heavy atom. The van der Waals surface area contributed by atoms with Crippen LogP contribution in [0.1, 0.15) is 17.3 Å². The quantitative estimate of drug-likeness (QED) is 0.425. The SMILES string of the molecule is CCS(=O)(=O)NCCNC(=O)c1ccccc1[N+](=O)[O-]. The minimum atomic E-state index is -3.31. The molecule has 1 amide bonds. The van der Waals surface area contributed by atoms with Crippen molar-refractivity contribution in [2.45, 2.75) is 6.92 Å². The summed E-state index contributed by atoms with van der Waals surface area (Å²) in [6.45, 7) is 1.57. The number of para-hydroxylation sites is 1. The average Bonchev–Trinajstić information content (AvgIpc) is 2.43. The van der Waals surface area contributed by atoms with Crippen LogP contribution in [-0.2, 0) is 10.0 Å². The van der Waals surface area contributed by atoms with Crippen molar-refractivity contribution in [3.05, 3.63) is 39.9 Å². The predicted octanol–water partition coefficient (Wildman–Crippen LogP) is 0.264. The second-order valence-corrected chi connectivity index (χ2v) is 5.92. The fraction of sp³-hybridized carbons (Fsp3) is 0.364. The van der Waals surface area contributed by atoms with Crippen molar-refractivity contribution in [1.82, 2.24) is 10.0 Å². The summed E-state index contributed by atoms with van der Waals surface area (Å²) >= 11 is 0. The molecular weight excluding hydrogens is 286 g/mol. The molecule has 0 aliphatic heterocycles. The van der Waals surface area contributed by atoms with Gasteiger partial charge >= 0.3 is 0 Å². The minimum absolute atomic E-state index is 0.0303. The zero-order valence-corrected chi connectivity index (χ0v) is 11.6. The van der Waals surface area contributed by atoms with E-state index in [-0.39, 0.29) is 30.1 Å². The van der Waals surface area contributed by atoms with E-state index in [2.05, 4.69) is 10.0 Å². The Hall–Kier alpha value is -2.00. The summed E-state index contributed by atoms with van der Waals surface area (Å²) in [6.07, 6.45) is 0. The Morgan fingerprint density at radius 2 is 1.95 bits per heavy atom. The number of rotatable bonds is 7. The van der Waals surface area contributed by atoms with E-state index in [9.17, 15) is 23.3 Å². The summed E-state index contributed by atoms with van der Waals surface area (Å²) in [7, 11) is -3.31. The fourth-order valence-corrected chi connectivity index (χ4v) is 2.02. The molecule has 0 fully saturated rings. The van der Waals surface area contributed by atoms with E-state index in [1.807, 2.05) is 0 Å². The lowest BCUT2D eigenvalue weighted by Gasteiger charge is -2.07. The van der Waals surface area contributed by atoms with Crippen LogP contribution >= 0.6 is 0 Å². The molecule has 0 saturated carbocycles. The van der Waals surface area contributed by atoms with Crippen LogP contribution in [0.3, 0.4) is 0 Å². The first kappa shape index (κ1) is 16.1. The predicted molar refractivity (Wildman–Crippen MR) is 72.9 cm³/mol. The highest BCUT2D eigenvalue weighted by atomic mass is 32.2. The zero-order chi connectivity index (χ0) is 15.2. The van der Waals surface area contributed by atoms with Crippen LogP contribution in [0.15, 0.2) is 24.3 Å². The Bertz CT molecular complexity index is 600. The van der Waals surface area contributed by atoms with Gasteiger partial charge in [-0.15, -0.1) is 0 Å².